The lowest BCUT2D eigenvalue weighted by molar-refractivity contribution is 0.439. The molecule has 0 saturated carbocycles. The molecule has 1 saturated heterocycles. The fraction of sp³-hybridized carbons (Fsp3) is 0.667. The molecule has 4 heavy (non-hydrogen) atoms. The number of rotatable bonds is 0. The van der Waals surface area contributed by atoms with Crippen LogP contribution >= 0.6 is 0 Å². The minimum absolute atomic E-state index is 0.0833. The molecule has 0 aromatic carbocycles. The molecule has 0 N–H and O–H groups in total. The Morgan fingerprint density at radius 1 is 2.00 bits per heavy atom. The second-order valence-electron chi connectivity index (χ2n) is 0.872. The molecule has 1 aliphatic rings. The minimum atomic E-state index is 0.0833. The fourth-order valence-electron chi connectivity index (χ4n) is 0.0556. The molecule has 1 fully saturated rings. The van der Waals surface area contributed by atoms with Crippen LogP contribution < -0.4 is 0 Å². The molecule has 2 radical (unpaired) electrons. The normalized spacial score (nSPS) is 39.8. The Kier molecular flexibility index (Phi) is 0.256. The van der Waals surface area contributed by atoms with Crippen molar-refractivity contribution in [3.05, 3.63) is 6.92 Å². The van der Waals surface area contributed by atoms with Gasteiger partial charge in [-0.2, -0.15) is 0 Å². The molecule has 0 aromatic rings. The van der Waals surface area contributed by atoms with Gasteiger partial charge in [0.25, 0.3) is 0 Å². The van der Waals surface area contributed by atoms with Gasteiger partial charge < -0.3 is 4.74 Å². The van der Waals surface area contributed by atoms with Crippen LogP contribution in [0.2, 0.25) is 0 Å². The van der Waals surface area contributed by atoms with Gasteiger partial charge in [-0.1, -0.05) is 0 Å². The van der Waals surface area contributed by atoms with Crippen molar-refractivity contribution in [2.45, 2.75) is 6.10 Å². The lowest BCUT2D eigenvalue weighted by Gasteiger charge is -1.49. The molecule has 0 aromatic heterocycles. The van der Waals surface area contributed by atoms with Crippen LogP contribution in [0.4, 0.5) is 0 Å². The molecule has 1 unspecified atom stereocenters. The Morgan fingerprint density at radius 3 is 2.25 bits per heavy atom. The van der Waals surface area contributed by atoms with Gasteiger partial charge in [0.2, 0.25) is 0 Å². The van der Waals surface area contributed by atoms with Crippen molar-refractivity contribution in [1.29, 1.82) is 0 Å². The number of epoxide rings is 1. The smallest absolute Gasteiger partial charge is 0.0845 e. The molecule has 1 aliphatic heterocycles. The highest BCUT2D eigenvalue weighted by atomic mass is 16.6. The molecular weight excluding hydrogens is 52.0 g/mol. The Labute approximate surface area is 25.6 Å². The van der Waals surface area contributed by atoms with E-state index in [4.69, 9.17) is 6.92 Å². The van der Waals surface area contributed by atoms with Crippen LogP contribution in [-0.2, 0) is 4.74 Å². The van der Waals surface area contributed by atoms with E-state index in [2.05, 4.69) is 4.74 Å². The Hall–Kier alpha value is -0.0400. The van der Waals surface area contributed by atoms with Gasteiger partial charge in [-0.25, -0.2) is 0 Å². The molecular formula is C3H4O. The van der Waals surface area contributed by atoms with Gasteiger partial charge in [0.15, 0.2) is 0 Å². The van der Waals surface area contributed by atoms with Crippen LogP contribution in [-0.4, -0.2) is 12.7 Å². The first-order valence-corrected chi connectivity index (χ1v) is 1.27. The van der Waals surface area contributed by atoms with E-state index in [1.807, 2.05) is 0 Å². The Balaban J connectivity index is 2.17. The molecule has 0 amide bonds. The van der Waals surface area contributed by atoms with E-state index in [0.717, 1.165) is 6.61 Å². The third-order valence-electron chi connectivity index (χ3n) is 0.359. The summed E-state index contributed by atoms with van der Waals surface area (Å²) in [7, 11) is 0. The van der Waals surface area contributed by atoms with E-state index in [-0.39, 0.29) is 6.10 Å². The standard InChI is InChI=1S/C3H4O/c1-3-2-4-3/h1,3H,2H2. The first kappa shape index (κ1) is 2.21. The number of hydrogen-bond donors (Lipinski definition) is 0. The van der Waals surface area contributed by atoms with Crippen LogP contribution in [0.1, 0.15) is 0 Å². The van der Waals surface area contributed by atoms with Crippen LogP contribution in [0.25, 0.3) is 0 Å². The molecule has 1 nitrogen and oxygen atoms in total. The van der Waals surface area contributed by atoms with Crippen molar-refractivity contribution < 1.29 is 4.74 Å². The van der Waals surface area contributed by atoms with E-state index in [1.54, 1.807) is 0 Å². The summed E-state index contributed by atoms with van der Waals surface area (Å²) in [6.45, 7) is 5.76. The second kappa shape index (κ2) is 0.462. The predicted octanol–water partition coefficient (Wildman–Crippen LogP) is 0.0963. The average Bonchev–Trinajstić information content (AvgIpc) is 1.75. The molecule has 1 atom stereocenters. The quantitative estimate of drug-likeness (QED) is 0.358. The van der Waals surface area contributed by atoms with Crippen LogP contribution in [0.15, 0.2) is 0 Å². The zero-order valence-corrected chi connectivity index (χ0v) is 2.27. The molecule has 0 aliphatic carbocycles. The van der Waals surface area contributed by atoms with Crippen molar-refractivity contribution in [1.82, 2.24) is 0 Å². The van der Waals surface area contributed by atoms with Crippen molar-refractivity contribution in [3.63, 3.8) is 0 Å². The van der Waals surface area contributed by atoms with E-state index < -0.39 is 0 Å². The van der Waals surface area contributed by atoms with Crippen LogP contribution in [0.3, 0.4) is 0 Å². The molecule has 0 bridgehead atoms. The summed E-state index contributed by atoms with van der Waals surface area (Å²) in [5, 5.41) is 0. The van der Waals surface area contributed by atoms with E-state index >= 15 is 0 Å². The highest BCUT2D eigenvalue weighted by Crippen LogP contribution is 2.03. The lowest BCUT2D eigenvalue weighted by atomic mass is 10.6. The largest absolute Gasteiger partial charge is 0.373 e. The summed E-state index contributed by atoms with van der Waals surface area (Å²) in [5.74, 6) is 0. The highest BCUT2D eigenvalue weighted by molar-refractivity contribution is 4.69. The van der Waals surface area contributed by atoms with Gasteiger partial charge in [0, 0.05) is 0 Å². The number of ether oxygens (including phenoxy) is 1. The molecule has 1 heteroatoms. The van der Waals surface area contributed by atoms with E-state index in [1.165, 1.54) is 0 Å². The Morgan fingerprint density at radius 2 is 2.25 bits per heavy atom. The van der Waals surface area contributed by atoms with Crippen molar-refractivity contribution in [2.75, 3.05) is 6.61 Å². The summed E-state index contributed by atoms with van der Waals surface area (Å²) >= 11 is 0. The maximum Gasteiger partial charge on any atom is 0.0845 e. The zero-order valence-electron chi connectivity index (χ0n) is 2.27. The Bertz CT molecular complexity index is 22.5. The van der Waals surface area contributed by atoms with Gasteiger partial charge in [0.05, 0.1) is 12.7 Å². The SMILES string of the molecule is [CH]C1CO1. The second-order valence-corrected chi connectivity index (χ2v) is 0.872. The van der Waals surface area contributed by atoms with Crippen molar-refractivity contribution in [3.8, 4) is 0 Å². The molecule has 0 spiro atoms. The lowest BCUT2D eigenvalue weighted by Crippen LogP contribution is -1.61. The summed E-state index contributed by atoms with van der Waals surface area (Å²) in [6, 6.07) is 0. The third kappa shape index (κ3) is 0.206. The summed E-state index contributed by atoms with van der Waals surface area (Å²) < 4.78 is 4.49. The highest BCUT2D eigenvalue weighted by Gasteiger charge is 2.13. The third-order valence-corrected chi connectivity index (χ3v) is 0.359. The maximum atomic E-state index is 5.00. The van der Waals surface area contributed by atoms with Gasteiger partial charge in [-0.15, -0.1) is 0 Å². The summed E-state index contributed by atoms with van der Waals surface area (Å²) in [4.78, 5) is 0. The molecule has 1 rings (SSSR count). The van der Waals surface area contributed by atoms with Gasteiger partial charge in [0.1, 0.15) is 0 Å². The van der Waals surface area contributed by atoms with Crippen molar-refractivity contribution >= 4 is 0 Å². The predicted molar refractivity (Wildman–Crippen MR) is 14.0 cm³/mol. The molecule has 22 valence electrons. The zero-order chi connectivity index (χ0) is 2.99. The molecule has 1 heterocycles. The maximum absolute atomic E-state index is 5.00. The topological polar surface area (TPSA) is 12.5 Å². The van der Waals surface area contributed by atoms with Crippen molar-refractivity contribution in [2.24, 2.45) is 0 Å². The first-order valence-electron chi connectivity index (χ1n) is 1.27. The monoisotopic (exact) mass is 56.0 g/mol. The van der Waals surface area contributed by atoms with E-state index in [9.17, 15) is 0 Å². The summed E-state index contributed by atoms with van der Waals surface area (Å²) in [5.41, 5.74) is 0. The van der Waals surface area contributed by atoms with Crippen LogP contribution in [0.5, 0.6) is 0 Å². The minimum Gasteiger partial charge on any atom is -0.373 e. The summed E-state index contributed by atoms with van der Waals surface area (Å²) in [6.07, 6.45) is 0.0833. The number of hydrogen-bond acceptors (Lipinski definition) is 1. The van der Waals surface area contributed by atoms with Gasteiger partial charge in [-0.05, 0) is 6.92 Å². The first-order chi connectivity index (χ1) is 1.89. The fourth-order valence-corrected chi connectivity index (χ4v) is 0.0556. The van der Waals surface area contributed by atoms with Crippen LogP contribution in [0, 0.1) is 6.92 Å². The van der Waals surface area contributed by atoms with Gasteiger partial charge >= 0.3 is 0 Å². The van der Waals surface area contributed by atoms with Gasteiger partial charge in [-0.3, -0.25) is 0 Å². The average molecular weight is 56.1 g/mol. The van der Waals surface area contributed by atoms with E-state index in [0.29, 0.717) is 0 Å².